The van der Waals surface area contributed by atoms with E-state index >= 15 is 0 Å². The van der Waals surface area contributed by atoms with Crippen LogP contribution < -0.4 is 0 Å². The number of aromatic nitrogens is 1. The first-order chi connectivity index (χ1) is 19.0. The highest BCUT2D eigenvalue weighted by Gasteiger charge is 2.70. The van der Waals surface area contributed by atoms with Crippen LogP contribution in [-0.2, 0) is 28.5 Å². The molecule has 2 fully saturated rings. The fourth-order valence-corrected chi connectivity index (χ4v) is 7.58. The van der Waals surface area contributed by atoms with Crippen molar-refractivity contribution in [3.63, 3.8) is 0 Å². The van der Waals surface area contributed by atoms with Gasteiger partial charge in [-0.05, 0) is 18.6 Å². The van der Waals surface area contributed by atoms with Gasteiger partial charge >= 0.3 is 11.9 Å². The molecular weight excluding hydrogens is 542 g/mol. The smallest absolute Gasteiger partial charge is 0.355 e. The van der Waals surface area contributed by atoms with Crippen LogP contribution >= 0.6 is 11.6 Å². The van der Waals surface area contributed by atoms with Crippen molar-refractivity contribution in [2.24, 2.45) is 35.5 Å². The van der Waals surface area contributed by atoms with Crippen LogP contribution in [0.4, 0.5) is 0 Å². The van der Waals surface area contributed by atoms with Crippen LogP contribution in [0.2, 0.25) is 5.02 Å². The molecule has 5 rings (SSSR count). The number of aliphatic hydroxyl groups is 2. The highest BCUT2D eigenvalue weighted by Crippen LogP contribution is 2.61. The van der Waals surface area contributed by atoms with Crippen molar-refractivity contribution >= 4 is 23.5 Å². The molecule has 4 bridgehead atoms. The van der Waals surface area contributed by atoms with Gasteiger partial charge < -0.3 is 38.9 Å². The van der Waals surface area contributed by atoms with E-state index in [0.29, 0.717) is 5.02 Å². The van der Waals surface area contributed by atoms with E-state index in [0.717, 1.165) is 5.57 Å². The second kappa shape index (κ2) is 11.2. The Hall–Kier alpha value is -2.21. The topological polar surface area (TPSA) is 137 Å². The Kier molecular flexibility index (Phi) is 8.22. The molecule has 11 heteroatoms. The van der Waals surface area contributed by atoms with Gasteiger partial charge in [0, 0.05) is 50.0 Å². The molecule has 2 aliphatic heterocycles. The first-order valence-corrected chi connectivity index (χ1v) is 14.1. The summed E-state index contributed by atoms with van der Waals surface area (Å²) in [6.07, 6.45) is 3.24. The molecular formula is C29H38ClNO9. The molecule has 1 saturated carbocycles. The Bertz CT molecular complexity index is 1180. The average molecular weight is 580 g/mol. The lowest BCUT2D eigenvalue weighted by Crippen LogP contribution is -2.58. The Balaban J connectivity index is 1.58. The van der Waals surface area contributed by atoms with Crippen molar-refractivity contribution in [3.05, 3.63) is 46.8 Å². The number of methoxy groups -OCH3 is 2. The summed E-state index contributed by atoms with van der Waals surface area (Å²) in [5.41, 5.74) is -0.0702. The maximum atomic E-state index is 13.7. The van der Waals surface area contributed by atoms with E-state index in [1.165, 1.54) is 26.5 Å². The van der Waals surface area contributed by atoms with Gasteiger partial charge in [-0.15, -0.1) is 0 Å². The van der Waals surface area contributed by atoms with Crippen molar-refractivity contribution in [2.45, 2.75) is 56.9 Å². The van der Waals surface area contributed by atoms with Crippen molar-refractivity contribution in [1.29, 1.82) is 0 Å². The van der Waals surface area contributed by atoms with Crippen LogP contribution in [0.1, 0.15) is 31.3 Å². The number of aromatic amines is 1. The zero-order chi connectivity index (χ0) is 28.9. The minimum atomic E-state index is -1.09. The van der Waals surface area contributed by atoms with E-state index in [2.05, 4.69) is 4.98 Å². The standard InChI is InChI=1S/C29H38ClNO9/c1-13-8-14(2)29-19(18(11-36-4)27(34)38-24(13)21(32)12-37-5)7-6-17-22(29)23(33)15(3)25(26(17)40-29)39-28(35)20-9-16(30)10-31-20/h6-10,13,15,17-19,21-26,31-33H,11-12H2,1-5H3/b14-8+/t13-,15-,17-,18-,19-,21-,22+,23-,24+,25-,26-,29+/m1/s1. The van der Waals surface area contributed by atoms with Crippen LogP contribution in [-0.4, -0.2) is 90.7 Å². The number of rotatable bonds is 7. The first-order valence-electron chi connectivity index (χ1n) is 13.7. The fraction of sp³-hybridized carbons (Fsp3) is 0.655. The molecule has 1 aromatic rings. The summed E-state index contributed by atoms with van der Waals surface area (Å²) in [7, 11) is 2.98. The van der Waals surface area contributed by atoms with Crippen LogP contribution in [0.25, 0.3) is 0 Å². The maximum Gasteiger partial charge on any atom is 0.355 e. The number of hydrogen-bond acceptors (Lipinski definition) is 9. The quantitative estimate of drug-likeness (QED) is 0.329. The van der Waals surface area contributed by atoms with Crippen molar-refractivity contribution in [2.75, 3.05) is 27.4 Å². The maximum absolute atomic E-state index is 13.7. The van der Waals surface area contributed by atoms with E-state index in [9.17, 15) is 19.8 Å². The van der Waals surface area contributed by atoms with Gasteiger partial charge in [-0.2, -0.15) is 0 Å². The van der Waals surface area contributed by atoms with Gasteiger partial charge in [-0.3, -0.25) is 4.79 Å². The number of hydrogen-bond donors (Lipinski definition) is 3. The number of esters is 2. The molecule has 0 amide bonds. The Morgan fingerprint density at radius 2 is 2.00 bits per heavy atom. The molecule has 1 aromatic heterocycles. The zero-order valence-electron chi connectivity index (χ0n) is 23.3. The monoisotopic (exact) mass is 579 g/mol. The van der Waals surface area contributed by atoms with Crippen LogP contribution in [0.15, 0.2) is 36.1 Å². The predicted molar refractivity (Wildman–Crippen MR) is 143 cm³/mol. The second-order valence-corrected chi connectivity index (χ2v) is 12.0. The molecule has 1 saturated heterocycles. The van der Waals surface area contributed by atoms with Gasteiger partial charge in [-0.25, -0.2) is 4.79 Å². The van der Waals surface area contributed by atoms with Gasteiger partial charge in [-0.1, -0.05) is 43.7 Å². The van der Waals surface area contributed by atoms with Crippen LogP contribution in [0, 0.1) is 35.5 Å². The van der Waals surface area contributed by atoms with Gasteiger partial charge in [0.25, 0.3) is 0 Å². The highest BCUT2D eigenvalue weighted by molar-refractivity contribution is 6.30. The van der Waals surface area contributed by atoms with E-state index in [-0.39, 0.29) is 30.7 Å². The molecule has 3 N–H and O–H groups in total. The number of carbonyl (C=O) groups excluding carboxylic acids is 2. The summed E-state index contributed by atoms with van der Waals surface area (Å²) in [5.74, 6) is -3.95. The SMILES string of the molecule is COC[C@@H](O)[C@H]1OC(=O)[C@H](COC)[C@H]2C=C[C@H]3[C@H]4O[C@]2(/C(C)=C/[C@H]1C)[C@@H]3[C@H](O)[C@@H](C)[C@H]4OC(=O)c1cc(Cl)c[nH]1. The van der Waals surface area contributed by atoms with E-state index < -0.39 is 71.7 Å². The summed E-state index contributed by atoms with van der Waals surface area (Å²) in [5, 5.41) is 23.0. The van der Waals surface area contributed by atoms with Crippen molar-refractivity contribution < 1.29 is 43.5 Å². The van der Waals surface area contributed by atoms with Gasteiger partial charge in [0.05, 0.1) is 30.3 Å². The summed E-state index contributed by atoms with van der Waals surface area (Å²) in [6.45, 7) is 5.69. The molecule has 2 aliphatic carbocycles. The van der Waals surface area contributed by atoms with E-state index in [4.69, 9.17) is 35.3 Å². The van der Waals surface area contributed by atoms with E-state index in [1.54, 1.807) is 0 Å². The lowest BCUT2D eigenvalue weighted by molar-refractivity contribution is -0.173. The number of halogens is 1. The second-order valence-electron chi connectivity index (χ2n) is 11.5. The number of cyclic esters (lactones) is 1. The molecule has 220 valence electrons. The number of aliphatic hydroxyl groups excluding tert-OH is 2. The van der Waals surface area contributed by atoms with Crippen LogP contribution in [0.3, 0.4) is 0 Å². The molecule has 1 spiro atoms. The first kappa shape index (κ1) is 29.3. The summed E-state index contributed by atoms with van der Waals surface area (Å²) < 4.78 is 29.5. The molecule has 3 heterocycles. The molecule has 0 aromatic carbocycles. The zero-order valence-corrected chi connectivity index (χ0v) is 24.0. The summed E-state index contributed by atoms with van der Waals surface area (Å²) in [6, 6.07) is 1.49. The lowest BCUT2D eigenvalue weighted by Gasteiger charge is -2.49. The highest BCUT2D eigenvalue weighted by atomic mass is 35.5. The molecule has 40 heavy (non-hydrogen) atoms. The normalized spacial score (nSPS) is 42.5. The third-order valence-corrected chi connectivity index (χ3v) is 9.43. The van der Waals surface area contributed by atoms with Crippen molar-refractivity contribution in [1.82, 2.24) is 4.98 Å². The van der Waals surface area contributed by atoms with E-state index in [1.807, 2.05) is 39.0 Å². The summed E-state index contributed by atoms with van der Waals surface area (Å²) >= 11 is 5.99. The van der Waals surface area contributed by atoms with Gasteiger partial charge in [0.15, 0.2) is 0 Å². The molecule has 0 unspecified atom stereocenters. The molecule has 4 aliphatic rings. The minimum absolute atomic E-state index is 0.00281. The number of H-pyrrole nitrogens is 1. The Morgan fingerprint density at radius 1 is 1.25 bits per heavy atom. The number of carbonyl (C=O) groups is 2. The predicted octanol–water partition coefficient (Wildman–Crippen LogP) is 2.54. The Morgan fingerprint density at radius 3 is 2.65 bits per heavy atom. The largest absolute Gasteiger partial charge is 0.459 e. The molecule has 0 radical (unpaired) electrons. The fourth-order valence-electron chi connectivity index (χ4n) is 7.42. The average Bonchev–Trinajstić information content (AvgIpc) is 3.43. The number of ether oxygens (including phenoxy) is 5. The molecule has 10 nitrogen and oxygen atoms in total. The van der Waals surface area contributed by atoms with Gasteiger partial charge in [0.2, 0.25) is 0 Å². The van der Waals surface area contributed by atoms with Crippen molar-refractivity contribution in [3.8, 4) is 0 Å². The lowest BCUT2D eigenvalue weighted by atomic mass is 9.56. The number of nitrogens with one attached hydrogen (secondary N) is 1. The summed E-state index contributed by atoms with van der Waals surface area (Å²) in [4.78, 5) is 29.5. The Labute approximate surface area is 238 Å². The minimum Gasteiger partial charge on any atom is -0.459 e. The third-order valence-electron chi connectivity index (χ3n) is 9.21. The third kappa shape index (κ3) is 4.62. The van der Waals surface area contributed by atoms with Crippen LogP contribution in [0.5, 0.6) is 0 Å². The molecule has 12 atom stereocenters. The van der Waals surface area contributed by atoms with Gasteiger partial charge in [0.1, 0.15) is 35.7 Å².